The molecule has 2 aromatic carbocycles. The zero-order valence-electron chi connectivity index (χ0n) is 11.8. The van der Waals surface area contributed by atoms with Crippen molar-refractivity contribution in [2.24, 2.45) is 0 Å². The van der Waals surface area contributed by atoms with Gasteiger partial charge in [0.1, 0.15) is 11.6 Å². The SMILES string of the molecule is COc1ccc(Cl)cc1CNS(=O)(=O)Cc1ccc(F)cc1. The lowest BCUT2D eigenvalue weighted by molar-refractivity contribution is 0.409. The summed E-state index contributed by atoms with van der Waals surface area (Å²) in [6, 6.07) is 10.3. The van der Waals surface area contributed by atoms with E-state index in [0.717, 1.165) is 0 Å². The summed E-state index contributed by atoms with van der Waals surface area (Å²) in [5.41, 5.74) is 1.14. The molecule has 0 radical (unpaired) electrons. The second-order valence-electron chi connectivity index (χ2n) is 4.66. The van der Waals surface area contributed by atoms with Crippen LogP contribution in [0.2, 0.25) is 5.02 Å². The van der Waals surface area contributed by atoms with Crippen LogP contribution in [0.1, 0.15) is 11.1 Å². The molecule has 0 aliphatic heterocycles. The quantitative estimate of drug-likeness (QED) is 0.876. The Balaban J connectivity index is 2.06. The highest BCUT2D eigenvalue weighted by atomic mass is 35.5. The highest BCUT2D eigenvalue weighted by molar-refractivity contribution is 7.88. The van der Waals surface area contributed by atoms with Crippen LogP contribution in [0, 0.1) is 5.82 Å². The Morgan fingerprint density at radius 1 is 1.18 bits per heavy atom. The van der Waals surface area contributed by atoms with Gasteiger partial charge in [-0.2, -0.15) is 0 Å². The molecule has 0 aliphatic rings. The molecule has 7 heteroatoms. The first-order valence-corrected chi connectivity index (χ1v) is 8.47. The third-order valence-corrected chi connectivity index (χ3v) is 4.53. The Kier molecular flexibility index (Phi) is 5.39. The molecule has 0 unspecified atom stereocenters. The minimum atomic E-state index is -3.55. The minimum absolute atomic E-state index is 0.0628. The van der Waals surface area contributed by atoms with Crippen molar-refractivity contribution in [3.8, 4) is 5.75 Å². The van der Waals surface area contributed by atoms with Crippen LogP contribution < -0.4 is 9.46 Å². The van der Waals surface area contributed by atoms with Crippen molar-refractivity contribution in [1.82, 2.24) is 4.72 Å². The molecule has 0 aromatic heterocycles. The van der Waals surface area contributed by atoms with E-state index in [9.17, 15) is 12.8 Å². The molecule has 0 spiro atoms. The van der Waals surface area contributed by atoms with Gasteiger partial charge >= 0.3 is 0 Å². The number of hydrogen-bond acceptors (Lipinski definition) is 3. The fourth-order valence-corrected chi connectivity index (χ4v) is 3.23. The van der Waals surface area contributed by atoms with Crippen LogP contribution in [-0.4, -0.2) is 15.5 Å². The molecule has 0 saturated carbocycles. The van der Waals surface area contributed by atoms with Crippen LogP contribution >= 0.6 is 11.6 Å². The van der Waals surface area contributed by atoms with Gasteiger partial charge in [0, 0.05) is 17.1 Å². The second-order valence-corrected chi connectivity index (χ2v) is 6.91. The monoisotopic (exact) mass is 343 g/mol. The number of rotatable bonds is 6. The molecular weight excluding hydrogens is 329 g/mol. The van der Waals surface area contributed by atoms with Gasteiger partial charge < -0.3 is 4.74 Å². The molecule has 0 amide bonds. The molecule has 22 heavy (non-hydrogen) atoms. The van der Waals surface area contributed by atoms with E-state index in [4.69, 9.17) is 16.3 Å². The van der Waals surface area contributed by atoms with Crippen molar-refractivity contribution in [2.75, 3.05) is 7.11 Å². The normalized spacial score (nSPS) is 11.4. The third kappa shape index (κ3) is 4.69. The van der Waals surface area contributed by atoms with Gasteiger partial charge in [-0.05, 0) is 35.9 Å². The number of hydrogen-bond donors (Lipinski definition) is 1. The zero-order valence-corrected chi connectivity index (χ0v) is 13.4. The summed E-state index contributed by atoms with van der Waals surface area (Å²) in [6.07, 6.45) is 0. The first kappa shape index (κ1) is 16.7. The summed E-state index contributed by atoms with van der Waals surface area (Å²) >= 11 is 5.90. The van der Waals surface area contributed by atoms with E-state index < -0.39 is 15.8 Å². The van der Waals surface area contributed by atoms with Crippen molar-refractivity contribution in [3.63, 3.8) is 0 Å². The van der Waals surface area contributed by atoms with Gasteiger partial charge in [-0.15, -0.1) is 0 Å². The lowest BCUT2D eigenvalue weighted by Gasteiger charge is -2.11. The average Bonchev–Trinajstić information content (AvgIpc) is 2.48. The number of ether oxygens (including phenoxy) is 1. The Labute approximate surface area is 133 Å². The van der Waals surface area contributed by atoms with Crippen molar-refractivity contribution in [3.05, 3.63) is 64.4 Å². The molecular formula is C15H15ClFNO3S. The fraction of sp³-hybridized carbons (Fsp3) is 0.200. The molecule has 0 saturated heterocycles. The molecule has 0 fully saturated rings. The maximum Gasteiger partial charge on any atom is 0.216 e. The molecule has 0 bridgehead atoms. The van der Waals surface area contributed by atoms with Crippen LogP contribution in [-0.2, 0) is 22.3 Å². The summed E-state index contributed by atoms with van der Waals surface area (Å²) in [7, 11) is -2.05. The van der Waals surface area contributed by atoms with Crippen molar-refractivity contribution >= 4 is 21.6 Å². The van der Waals surface area contributed by atoms with E-state index in [1.807, 2.05) is 0 Å². The van der Waals surface area contributed by atoms with E-state index in [1.54, 1.807) is 18.2 Å². The smallest absolute Gasteiger partial charge is 0.216 e. The number of nitrogens with one attached hydrogen (secondary N) is 1. The molecule has 0 aliphatic carbocycles. The highest BCUT2D eigenvalue weighted by Gasteiger charge is 2.13. The van der Waals surface area contributed by atoms with Crippen molar-refractivity contribution in [1.29, 1.82) is 0 Å². The minimum Gasteiger partial charge on any atom is -0.496 e. The lowest BCUT2D eigenvalue weighted by Crippen LogP contribution is -2.25. The predicted octanol–water partition coefficient (Wildman–Crippen LogP) is 3.11. The summed E-state index contributed by atoms with van der Waals surface area (Å²) < 4.78 is 44.6. The average molecular weight is 344 g/mol. The van der Waals surface area contributed by atoms with E-state index in [2.05, 4.69) is 4.72 Å². The van der Waals surface area contributed by atoms with E-state index in [-0.39, 0.29) is 12.3 Å². The first-order chi connectivity index (χ1) is 10.4. The van der Waals surface area contributed by atoms with Gasteiger partial charge in [0.15, 0.2) is 0 Å². The summed E-state index contributed by atoms with van der Waals surface area (Å²) in [4.78, 5) is 0. The molecule has 2 aromatic rings. The number of sulfonamides is 1. The van der Waals surface area contributed by atoms with E-state index >= 15 is 0 Å². The second kappa shape index (κ2) is 7.09. The van der Waals surface area contributed by atoms with Gasteiger partial charge in [-0.3, -0.25) is 0 Å². The third-order valence-electron chi connectivity index (χ3n) is 2.99. The predicted molar refractivity (Wildman–Crippen MR) is 83.9 cm³/mol. The van der Waals surface area contributed by atoms with Crippen LogP contribution in [0.25, 0.3) is 0 Å². The van der Waals surface area contributed by atoms with Crippen molar-refractivity contribution in [2.45, 2.75) is 12.3 Å². The molecule has 2 rings (SSSR count). The van der Waals surface area contributed by atoms with Gasteiger partial charge in [0.25, 0.3) is 0 Å². The van der Waals surface area contributed by atoms with Crippen molar-refractivity contribution < 1.29 is 17.5 Å². The lowest BCUT2D eigenvalue weighted by atomic mass is 10.2. The number of halogens is 2. The maximum absolute atomic E-state index is 12.8. The van der Waals surface area contributed by atoms with Crippen LogP contribution in [0.5, 0.6) is 5.75 Å². The van der Waals surface area contributed by atoms with Gasteiger partial charge in [0.05, 0.1) is 12.9 Å². The molecule has 118 valence electrons. The van der Waals surface area contributed by atoms with E-state index in [1.165, 1.54) is 31.4 Å². The Morgan fingerprint density at radius 2 is 1.86 bits per heavy atom. The zero-order chi connectivity index (χ0) is 16.2. The first-order valence-electron chi connectivity index (χ1n) is 6.44. The van der Waals surface area contributed by atoms with Crippen LogP contribution in [0.15, 0.2) is 42.5 Å². The molecule has 4 nitrogen and oxygen atoms in total. The Bertz CT molecular complexity index is 748. The summed E-state index contributed by atoms with van der Waals surface area (Å²) in [5, 5.41) is 0.494. The van der Waals surface area contributed by atoms with Gasteiger partial charge in [-0.1, -0.05) is 23.7 Å². The van der Waals surface area contributed by atoms with Crippen LogP contribution in [0.3, 0.4) is 0 Å². The number of methoxy groups -OCH3 is 1. The summed E-state index contributed by atoms with van der Waals surface area (Å²) in [6.45, 7) is 0.0628. The Hall–Kier alpha value is -1.63. The van der Waals surface area contributed by atoms with Gasteiger partial charge in [-0.25, -0.2) is 17.5 Å². The van der Waals surface area contributed by atoms with Gasteiger partial charge in [0.2, 0.25) is 10.0 Å². The van der Waals surface area contributed by atoms with Crippen LogP contribution in [0.4, 0.5) is 4.39 Å². The maximum atomic E-state index is 12.8. The molecule has 0 heterocycles. The summed E-state index contributed by atoms with van der Waals surface area (Å²) in [5.74, 6) is -0.0810. The number of benzene rings is 2. The molecule has 1 N–H and O–H groups in total. The topological polar surface area (TPSA) is 55.4 Å². The standard InChI is InChI=1S/C15H15ClFNO3S/c1-21-15-7-4-13(16)8-12(15)9-18-22(19,20)10-11-2-5-14(17)6-3-11/h2-8,18H,9-10H2,1H3. The highest BCUT2D eigenvalue weighted by Crippen LogP contribution is 2.22. The fourth-order valence-electron chi connectivity index (χ4n) is 1.92. The van der Waals surface area contributed by atoms with E-state index in [0.29, 0.717) is 21.9 Å². The molecule has 0 atom stereocenters. The Morgan fingerprint density at radius 3 is 2.50 bits per heavy atom. The largest absolute Gasteiger partial charge is 0.496 e.